The third kappa shape index (κ3) is 9.35. The predicted octanol–water partition coefficient (Wildman–Crippen LogP) is 6.25. The van der Waals surface area contributed by atoms with Crippen LogP contribution in [0.25, 0.3) is 0 Å². The number of anilines is 1. The van der Waals surface area contributed by atoms with Crippen molar-refractivity contribution in [2.24, 2.45) is 0 Å². The fourth-order valence-electron chi connectivity index (χ4n) is 5.07. The van der Waals surface area contributed by atoms with Crippen LogP contribution in [-0.4, -0.2) is 57.2 Å². The highest BCUT2D eigenvalue weighted by Gasteiger charge is 2.31. The van der Waals surface area contributed by atoms with Crippen LogP contribution in [0.15, 0.2) is 72.8 Å². The predicted molar refractivity (Wildman–Crippen MR) is 167 cm³/mol. The van der Waals surface area contributed by atoms with Crippen molar-refractivity contribution in [2.75, 3.05) is 23.1 Å². The number of amides is 1. The molecule has 0 unspecified atom stereocenters. The number of aliphatic hydroxyl groups is 1. The van der Waals surface area contributed by atoms with Crippen LogP contribution in [-0.2, 0) is 19.1 Å². The van der Waals surface area contributed by atoms with Gasteiger partial charge < -0.3 is 20.5 Å². The van der Waals surface area contributed by atoms with Gasteiger partial charge in [0.2, 0.25) is 0 Å². The molecule has 1 heterocycles. The molecule has 44 heavy (non-hydrogen) atoms. The number of benzene rings is 3. The lowest BCUT2D eigenvalue weighted by Gasteiger charge is -2.47. The molecule has 4 rings (SSSR count). The molecule has 0 radical (unpaired) electrons. The Morgan fingerprint density at radius 1 is 1.00 bits per heavy atom. The standard InChI is InChI=1S/C32H40F3N3O5S/c1-22(2)43-28-18-25(17-27(19-28)38-13-6-7-14-44(38,41)42)31(40)37-29(16-23-9-4-3-5-10-23)30(39)21-36-20-24-11-8-12-26(15-24)32(33,34)35/h3-5,8-12,15,17-19,22,29-30,36,39,41-42H,6-7,13-14,16,20-21H2,1-2H3,(H,37,40)/t29-,30+/m0/s1. The summed E-state index contributed by atoms with van der Waals surface area (Å²) in [4.78, 5) is 13.7. The summed E-state index contributed by atoms with van der Waals surface area (Å²) < 4.78 is 68.2. The van der Waals surface area contributed by atoms with Crippen molar-refractivity contribution >= 4 is 22.4 Å². The Labute approximate surface area is 257 Å². The zero-order valence-electron chi connectivity index (χ0n) is 24.8. The second kappa shape index (κ2) is 14.7. The molecule has 8 nitrogen and oxygen atoms in total. The zero-order valence-corrected chi connectivity index (χ0v) is 25.6. The van der Waals surface area contributed by atoms with E-state index in [2.05, 4.69) is 10.6 Å². The van der Waals surface area contributed by atoms with Gasteiger partial charge in [-0.05, 0) is 62.4 Å². The monoisotopic (exact) mass is 635 g/mol. The van der Waals surface area contributed by atoms with Crippen molar-refractivity contribution in [3.8, 4) is 5.75 Å². The van der Waals surface area contributed by atoms with Crippen LogP contribution in [0.2, 0.25) is 0 Å². The molecule has 1 aliphatic rings. The number of nitrogens with one attached hydrogen (secondary N) is 2. The van der Waals surface area contributed by atoms with Crippen LogP contribution in [0.1, 0.15) is 53.7 Å². The van der Waals surface area contributed by atoms with Gasteiger partial charge in [-0.15, -0.1) is 10.8 Å². The van der Waals surface area contributed by atoms with Gasteiger partial charge in [-0.3, -0.25) is 18.2 Å². The van der Waals surface area contributed by atoms with Crippen LogP contribution >= 0.6 is 10.8 Å². The van der Waals surface area contributed by atoms with Crippen molar-refractivity contribution in [1.29, 1.82) is 0 Å². The van der Waals surface area contributed by atoms with Crippen LogP contribution in [0.4, 0.5) is 18.9 Å². The Morgan fingerprint density at radius 2 is 1.73 bits per heavy atom. The first-order valence-electron chi connectivity index (χ1n) is 14.6. The molecule has 0 aliphatic carbocycles. The number of alkyl halides is 3. The maximum Gasteiger partial charge on any atom is 0.416 e. The van der Waals surface area contributed by atoms with Crippen molar-refractivity contribution in [3.63, 3.8) is 0 Å². The molecule has 1 saturated heterocycles. The van der Waals surface area contributed by atoms with Gasteiger partial charge in [-0.25, -0.2) is 0 Å². The number of rotatable bonds is 12. The summed E-state index contributed by atoms with van der Waals surface area (Å²) in [6.45, 7) is 4.21. The van der Waals surface area contributed by atoms with E-state index >= 15 is 0 Å². The highest BCUT2D eigenvalue weighted by atomic mass is 32.3. The maximum atomic E-state index is 13.7. The Kier molecular flexibility index (Phi) is 11.2. The number of carbonyl (C=O) groups excluding carboxylic acids is 1. The largest absolute Gasteiger partial charge is 0.491 e. The average molecular weight is 636 g/mol. The highest BCUT2D eigenvalue weighted by molar-refractivity contribution is 8.25. The number of hydrogen-bond donors (Lipinski definition) is 5. The minimum Gasteiger partial charge on any atom is -0.491 e. The van der Waals surface area contributed by atoms with Crippen LogP contribution in [0, 0.1) is 0 Å². The van der Waals surface area contributed by atoms with E-state index in [1.54, 1.807) is 24.3 Å². The van der Waals surface area contributed by atoms with Gasteiger partial charge in [0.05, 0.1) is 35.3 Å². The topological polar surface area (TPSA) is 114 Å². The second-order valence-electron chi connectivity index (χ2n) is 11.2. The molecular weight excluding hydrogens is 595 g/mol. The second-order valence-corrected chi connectivity index (χ2v) is 13.3. The van der Waals surface area contributed by atoms with E-state index in [0.717, 1.165) is 24.1 Å². The third-order valence-electron chi connectivity index (χ3n) is 7.21. The van der Waals surface area contributed by atoms with Crippen molar-refractivity contribution in [3.05, 3.63) is 95.1 Å². The third-order valence-corrected chi connectivity index (χ3v) is 9.15. The number of carbonyl (C=O) groups is 1. The molecule has 12 heteroatoms. The van der Waals surface area contributed by atoms with Gasteiger partial charge in [0.15, 0.2) is 0 Å². The number of aliphatic hydroxyl groups excluding tert-OH is 1. The van der Waals surface area contributed by atoms with Crippen molar-refractivity contribution in [2.45, 2.75) is 64.1 Å². The molecule has 1 amide bonds. The van der Waals surface area contributed by atoms with Gasteiger partial charge in [0.1, 0.15) is 5.75 Å². The number of ether oxygens (including phenoxy) is 1. The molecule has 3 aromatic rings. The molecule has 0 aromatic heterocycles. The van der Waals surface area contributed by atoms with Gasteiger partial charge in [-0.1, -0.05) is 48.5 Å². The molecule has 2 atom stereocenters. The van der Waals surface area contributed by atoms with Gasteiger partial charge in [-0.2, -0.15) is 13.2 Å². The Balaban J connectivity index is 1.53. The van der Waals surface area contributed by atoms with E-state index in [0.29, 0.717) is 36.4 Å². The lowest BCUT2D eigenvalue weighted by molar-refractivity contribution is -0.137. The lowest BCUT2D eigenvalue weighted by Crippen LogP contribution is -2.48. The van der Waals surface area contributed by atoms with Gasteiger partial charge in [0, 0.05) is 31.3 Å². The molecule has 240 valence electrons. The van der Waals surface area contributed by atoms with E-state index < -0.39 is 40.6 Å². The van der Waals surface area contributed by atoms with E-state index in [1.165, 1.54) is 10.4 Å². The zero-order chi connectivity index (χ0) is 31.9. The number of halogens is 3. The van der Waals surface area contributed by atoms with E-state index in [4.69, 9.17) is 4.74 Å². The fraction of sp³-hybridized carbons (Fsp3) is 0.406. The van der Waals surface area contributed by atoms with Gasteiger partial charge in [0.25, 0.3) is 5.91 Å². The molecule has 0 bridgehead atoms. The minimum atomic E-state index is -4.46. The summed E-state index contributed by atoms with van der Waals surface area (Å²) in [7, 11) is -3.05. The van der Waals surface area contributed by atoms with E-state index in [9.17, 15) is 32.2 Å². The van der Waals surface area contributed by atoms with Crippen molar-refractivity contribution in [1.82, 2.24) is 10.6 Å². The molecule has 0 saturated carbocycles. The Morgan fingerprint density at radius 3 is 2.41 bits per heavy atom. The molecule has 0 spiro atoms. The smallest absolute Gasteiger partial charge is 0.416 e. The fourth-order valence-corrected chi connectivity index (χ4v) is 6.75. The number of hydrogen-bond acceptors (Lipinski definition) is 7. The number of nitrogens with zero attached hydrogens (tertiary/aromatic N) is 1. The molecule has 1 fully saturated rings. The average Bonchev–Trinajstić information content (AvgIpc) is 2.96. The molecule has 3 aromatic carbocycles. The normalized spacial score (nSPS) is 17.2. The quantitative estimate of drug-likeness (QED) is 0.160. The summed E-state index contributed by atoms with van der Waals surface area (Å²) in [5.41, 5.74) is 1.21. The summed E-state index contributed by atoms with van der Waals surface area (Å²) in [6, 6.07) is 18.4. The summed E-state index contributed by atoms with van der Waals surface area (Å²) in [5, 5.41) is 17.1. The first-order chi connectivity index (χ1) is 20.8. The maximum absolute atomic E-state index is 13.7. The molecule has 1 aliphatic heterocycles. The first kappa shape index (κ1) is 33.6. The van der Waals surface area contributed by atoms with Crippen LogP contribution in [0.3, 0.4) is 0 Å². The van der Waals surface area contributed by atoms with Crippen LogP contribution in [0.5, 0.6) is 5.75 Å². The highest BCUT2D eigenvalue weighted by Crippen LogP contribution is 2.50. The van der Waals surface area contributed by atoms with E-state index in [1.807, 2.05) is 44.2 Å². The van der Waals surface area contributed by atoms with E-state index in [-0.39, 0.29) is 30.5 Å². The summed E-state index contributed by atoms with van der Waals surface area (Å²) >= 11 is 0. The van der Waals surface area contributed by atoms with Crippen LogP contribution < -0.4 is 19.7 Å². The van der Waals surface area contributed by atoms with Gasteiger partial charge >= 0.3 is 6.18 Å². The lowest BCUT2D eigenvalue weighted by atomic mass is 10.00. The molecular formula is C32H40F3N3O5S. The summed E-state index contributed by atoms with van der Waals surface area (Å²) in [6.07, 6.45) is -3.99. The molecule has 5 N–H and O–H groups in total. The Bertz CT molecular complexity index is 1390. The minimum absolute atomic E-state index is 0.00442. The summed E-state index contributed by atoms with van der Waals surface area (Å²) in [5.74, 6) is 0.140. The SMILES string of the molecule is CC(C)Oc1cc(C(=O)N[C@@H](Cc2ccccc2)[C@H](O)CNCc2cccc(C(F)(F)F)c2)cc(N2CCCCS2(O)O)c1. The Hall–Kier alpha value is -3.29. The first-order valence-corrected chi connectivity index (χ1v) is 16.2. The van der Waals surface area contributed by atoms with Crippen molar-refractivity contribution < 1.29 is 36.9 Å².